The van der Waals surface area contributed by atoms with Gasteiger partial charge in [0.05, 0.1) is 0 Å². The van der Waals surface area contributed by atoms with Crippen LogP contribution in [0.5, 0.6) is 0 Å². The van der Waals surface area contributed by atoms with Crippen molar-refractivity contribution in [3.05, 3.63) is 40.5 Å². The molecule has 12 nitrogen and oxygen atoms in total. The second kappa shape index (κ2) is 6.67. The molecular weight excluding hydrogens is 247 g/mol. The fourth-order valence-corrected chi connectivity index (χ4v) is 0.589. The molecule has 0 aliphatic rings. The molecule has 13 heteroatoms. The van der Waals surface area contributed by atoms with Crippen molar-refractivity contribution in [1.82, 2.24) is 0 Å². The first kappa shape index (κ1) is 16.7. The molecule has 0 aromatic heterocycles. The summed E-state index contributed by atoms with van der Waals surface area (Å²) in [6, 6.07) is 0. The predicted molar refractivity (Wildman–Crippen MR) is 35.6 cm³/mol. The van der Waals surface area contributed by atoms with Gasteiger partial charge in [0.2, 0.25) is 0 Å². The minimum atomic E-state index is -3.08. The fourth-order valence-electron chi connectivity index (χ4n) is 0.589. The largest absolute Gasteiger partial charge is 1.00 e. The summed E-state index contributed by atoms with van der Waals surface area (Å²) in [5.74, 6) is 0. The Balaban J connectivity index is 0. The molecule has 0 atom stereocenters. The van der Waals surface area contributed by atoms with Gasteiger partial charge in [0.15, 0.2) is 0 Å². The molecule has 15 heavy (non-hydrogen) atoms. The minimum Gasteiger partial charge on any atom is -0.258 e. The number of nitro groups is 4. The molecule has 0 N–H and O–H groups in total. The molecule has 0 aromatic rings. The molecule has 0 saturated carbocycles. The summed E-state index contributed by atoms with van der Waals surface area (Å²) in [4.78, 5) is 33.0. The Kier molecular flexibility index (Phi) is 7.41. The molecule has 0 amide bonds. The zero-order chi connectivity index (χ0) is 11.5. The first-order chi connectivity index (χ1) is 6.29. The summed E-state index contributed by atoms with van der Waals surface area (Å²) < 4.78 is 0. The summed E-state index contributed by atoms with van der Waals surface area (Å²) in [5, 5.41) is 39.8. The van der Waals surface area contributed by atoms with E-state index in [0.717, 1.165) is 0 Å². The van der Waals surface area contributed by atoms with Gasteiger partial charge in [0.1, 0.15) is 19.7 Å². The number of hydrogen-bond acceptors (Lipinski definition) is 8. The summed E-state index contributed by atoms with van der Waals surface area (Å²) in [7, 11) is 0. The van der Waals surface area contributed by atoms with E-state index in [1.165, 1.54) is 0 Å². The van der Waals surface area contributed by atoms with Gasteiger partial charge in [-0.25, -0.2) is 0 Å². The average Bonchev–Trinajstić information content (AvgIpc) is 1.96. The number of hydrogen-bond donors (Lipinski definition) is 0. The van der Waals surface area contributed by atoms with Crippen LogP contribution in [0.4, 0.5) is 0 Å². The molecule has 0 radical (unpaired) electrons. The topological polar surface area (TPSA) is 173 Å². The van der Waals surface area contributed by atoms with Crippen LogP contribution < -0.4 is 51.4 Å². The van der Waals surface area contributed by atoms with Crippen LogP contribution in [-0.2, 0) is 0 Å². The Bertz CT molecular complexity index is 245. The van der Waals surface area contributed by atoms with Crippen molar-refractivity contribution in [3.63, 3.8) is 0 Å². The van der Waals surface area contributed by atoms with E-state index in [-0.39, 0.29) is 51.4 Å². The predicted octanol–water partition coefficient (Wildman–Crippen LogP) is -4.25. The maximum absolute atomic E-state index is 9.95. The van der Waals surface area contributed by atoms with Crippen LogP contribution in [0.3, 0.4) is 0 Å². The van der Waals surface area contributed by atoms with Crippen LogP contribution in [0.1, 0.15) is 0 Å². The summed E-state index contributed by atoms with van der Waals surface area (Å²) in [6.07, 6.45) is -6.17. The number of rotatable bonds is 5. The molecule has 0 unspecified atom stereocenters. The van der Waals surface area contributed by atoms with Gasteiger partial charge < -0.3 is 0 Å². The van der Waals surface area contributed by atoms with Gasteiger partial charge in [-0.15, -0.1) is 0 Å². The standard InChI is InChI=1S/C2H2N4O8.K/c7-3(8)1(4(9)10)2(5(11)12)6(13)14;/h1-2H;/q;+1. The molecule has 0 aliphatic carbocycles. The molecule has 0 saturated heterocycles. The van der Waals surface area contributed by atoms with Crippen molar-refractivity contribution in [2.24, 2.45) is 0 Å². The summed E-state index contributed by atoms with van der Waals surface area (Å²) >= 11 is 0. The average molecular weight is 249 g/mol. The van der Waals surface area contributed by atoms with Crippen LogP contribution in [0.2, 0.25) is 0 Å². The zero-order valence-corrected chi connectivity index (χ0v) is 10.3. The van der Waals surface area contributed by atoms with E-state index in [4.69, 9.17) is 0 Å². The third kappa shape index (κ3) is 4.52. The monoisotopic (exact) mass is 249 g/mol. The zero-order valence-electron chi connectivity index (χ0n) is 7.21. The quantitative estimate of drug-likeness (QED) is 0.204. The second-order valence-corrected chi connectivity index (χ2v) is 1.97. The summed E-state index contributed by atoms with van der Waals surface area (Å²) in [6.45, 7) is 0. The van der Waals surface area contributed by atoms with Gasteiger partial charge in [-0.2, -0.15) is 0 Å². The molecule has 78 valence electrons. The van der Waals surface area contributed by atoms with Crippen molar-refractivity contribution in [1.29, 1.82) is 0 Å². The molecule has 0 aromatic carbocycles. The van der Waals surface area contributed by atoms with E-state index in [0.29, 0.717) is 0 Å². The molecule has 0 spiro atoms. The van der Waals surface area contributed by atoms with Gasteiger partial charge in [0, 0.05) is 0 Å². The van der Waals surface area contributed by atoms with Crippen LogP contribution in [0.15, 0.2) is 0 Å². The van der Waals surface area contributed by atoms with Crippen LogP contribution in [-0.4, -0.2) is 32.0 Å². The van der Waals surface area contributed by atoms with Crippen molar-refractivity contribution in [2.45, 2.75) is 12.3 Å². The maximum Gasteiger partial charge on any atom is 1.00 e. The SMILES string of the molecule is O=[N+]([O-])C(C([N+](=O)[O-])[N+](=O)[O-])[N+](=O)[O-].[K+]. The number of nitrogens with zero attached hydrogens (tertiary/aromatic N) is 4. The maximum atomic E-state index is 9.95. The van der Waals surface area contributed by atoms with E-state index >= 15 is 0 Å². The van der Waals surface area contributed by atoms with Crippen LogP contribution in [0.25, 0.3) is 0 Å². The third-order valence-corrected chi connectivity index (χ3v) is 1.13. The molecule has 0 aliphatic heterocycles. The minimum absolute atomic E-state index is 0. The van der Waals surface area contributed by atoms with Gasteiger partial charge in [0.25, 0.3) is 0 Å². The van der Waals surface area contributed by atoms with Crippen LogP contribution >= 0.6 is 0 Å². The Hall–Kier alpha value is -0.764. The van der Waals surface area contributed by atoms with Crippen molar-refractivity contribution >= 4 is 0 Å². The van der Waals surface area contributed by atoms with Crippen LogP contribution in [0, 0.1) is 40.5 Å². The Morgan fingerprint density at radius 2 is 0.733 bits per heavy atom. The van der Waals surface area contributed by atoms with Crippen molar-refractivity contribution in [2.75, 3.05) is 0 Å². The van der Waals surface area contributed by atoms with Crippen molar-refractivity contribution < 1.29 is 71.1 Å². The van der Waals surface area contributed by atoms with Gasteiger partial charge >= 0.3 is 63.7 Å². The smallest absolute Gasteiger partial charge is 0.258 e. The fraction of sp³-hybridized carbons (Fsp3) is 1.00. The second-order valence-electron chi connectivity index (χ2n) is 1.97. The Labute approximate surface area is 123 Å². The summed E-state index contributed by atoms with van der Waals surface area (Å²) in [5.41, 5.74) is 0. The third-order valence-electron chi connectivity index (χ3n) is 1.13. The molecule has 0 fully saturated rings. The molecular formula is C2H2KN4O8+. The molecule has 0 rings (SSSR count). The van der Waals surface area contributed by atoms with Gasteiger partial charge in [-0.05, 0) is 0 Å². The van der Waals surface area contributed by atoms with E-state index in [1.54, 1.807) is 0 Å². The van der Waals surface area contributed by atoms with Crippen molar-refractivity contribution in [3.8, 4) is 0 Å². The first-order valence-electron chi connectivity index (χ1n) is 2.83. The Morgan fingerprint density at radius 3 is 0.800 bits per heavy atom. The Morgan fingerprint density at radius 1 is 0.600 bits per heavy atom. The van der Waals surface area contributed by atoms with E-state index in [1.807, 2.05) is 0 Å². The molecule has 0 bridgehead atoms. The van der Waals surface area contributed by atoms with E-state index in [2.05, 4.69) is 0 Å². The molecule has 0 heterocycles. The normalized spacial score (nSPS) is 9.47. The van der Waals surface area contributed by atoms with Gasteiger partial charge in [-0.1, -0.05) is 0 Å². The first-order valence-corrected chi connectivity index (χ1v) is 2.83. The van der Waals surface area contributed by atoms with Gasteiger partial charge in [-0.3, -0.25) is 40.5 Å². The van der Waals surface area contributed by atoms with E-state index < -0.39 is 32.0 Å². The van der Waals surface area contributed by atoms with E-state index in [9.17, 15) is 40.5 Å².